The number of nitrogens with zero attached hydrogens (tertiary/aromatic N) is 2. The van der Waals surface area contributed by atoms with E-state index in [1.165, 1.54) is 23.6 Å². The lowest BCUT2D eigenvalue weighted by Crippen LogP contribution is -2.29. The lowest BCUT2D eigenvalue weighted by molar-refractivity contribution is 0.0593. The van der Waals surface area contributed by atoms with Crippen molar-refractivity contribution in [2.24, 2.45) is 0 Å². The zero-order chi connectivity index (χ0) is 21.6. The Morgan fingerprint density at radius 1 is 1.10 bits per heavy atom. The number of rotatable bonds is 7. The van der Waals surface area contributed by atoms with Gasteiger partial charge in [0.25, 0.3) is 5.56 Å². The summed E-state index contributed by atoms with van der Waals surface area (Å²) in [6, 6.07) is 15.7. The van der Waals surface area contributed by atoms with E-state index in [1.807, 2.05) is 35.7 Å². The number of ether oxygens (including phenoxy) is 2. The summed E-state index contributed by atoms with van der Waals surface area (Å²) in [6.07, 6.45) is 1.30. The van der Waals surface area contributed by atoms with Gasteiger partial charge in [0.2, 0.25) is 0 Å². The highest BCUT2D eigenvalue weighted by atomic mass is 32.1. The Balaban J connectivity index is 1.57. The summed E-state index contributed by atoms with van der Waals surface area (Å²) < 4.78 is 12.7. The molecule has 0 aliphatic carbocycles. The summed E-state index contributed by atoms with van der Waals surface area (Å²) in [7, 11) is 1.36. The molecule has 7 heteroatoms. The van der Waals surface area contributed by atoms with Gasteiger partial charge in [0.05, 0.1) is 13.7 Å². The minimum absolute atomic E-state index is 0.143. The van der Waals surface area contributed by atoms with Crippen molar-refractivity contribution in [1.29, 1.82) is 0 Å². The van der Waals surface area contributed by atoms with Gasteiger partial charge in [-0.05, 0) is 17.0 Å². The average molecular weight is 439 g/mol. The Morgan fingerprint density at radius 3 is 2.68 bits per heavy atom. The molecule has 0 fully saturated rings. The number of thiophene rings is 1. The number of hydrogen-bond donors (Lipinski definition) is 0. The van der Waals surface area contributed by atoms with E-state index in [4.69, 9.17) is 9.47 Å². The van der Waals surface area contributed by atoms with Gasteiger partial charge in [-0.1, -0.05) is 36.4 Å². The van der Waals surface area contributed by atoms with Crippen LogP contribution in [-0.2, 0) is 30.7 Å². The number of carbonyl (C=O) groups excluding carboxylic acids is 1. The van der Waals surface area contributed by atoms with Crippen LogP contribution in [-0.4, -0.2) is 42.2 Å². The van der Waals surface area contributed by atoms with Gasteiger partial charge in [-0.3, -0.25) is 9.69 Å². The third-order valence-electron chi connectivity index (χ3n) is 5.51. The number of aromatic nitrogens is 1. The van der Waals surface area contributed by atoms with Gasteiger partial charge >= 0.3 is 5.97 Å². The van der Waals surface area contributed by atoms with Crippen LogP contribution in [0.4, 0.5) is 0 Å². The van der Waals surface area contributed by atoms with Crippen LogP contribution < -0.4 is 10.3 Å². The smallest absolute Gasteiger partial charge is 0.343 e. The highest BCUT2D eigenvalue weighted by Crippen LogP contribution is 2.25. The molecule has 162 valence electrons. The van der Waals surface area contributed by atoms with Gasteiger partial charge in [0.1, 0.15) is 11.3 Å². The Kier molecular flexibility index (Phi) is 6.84. The van der Waals surface area contributed by atoms with Crippen molar-refractivity contribution in [2.45, 2.75) is 25.9 Å². The van der Waals surface area contributed by atoms with Crippen LogP contribution in [0.1, 0.15) is 26.5 Å². The quantitative estimate of drug-likeness (QED) is 0.530. The molecule has 0 saturated carbocycles. The van der Waals surface area contributed by atoms with E-state index in [9.17, 15) is 9.59 Å². The molecule has 6 nitrogen and oxygen atoms in total. The monoisotopic (exact) mass is 438 g/mol. The molecular formula is C24H26N2O4S. The first-order chi connectivity index (χ1) is 15.2. The number of methoxy groups -OCH3 is 1. The zero-order valence-electron chi connectivity index (χ0n) is 17.6. The van der Waals surface area contributed by atoms with Crippen LogP contribution in [0.5, 0.6) is 5.75 Å². The number of esters is 1. The molecule has 0 atom stereocenters. The van der Waals surface area contributed by atoms with Crippen molar-refractivity contribution < 1.29 is 14.3 Å². The third-order valence-corrected chi connectivity index (χ3v) is 6.45. The fraction of sp³-hybridized carbons (Fsp3) is 0.333. The molecule has 0 spiro atoms. The predicted molar refractivity (Wildman–Crippen MR) is 121 cm³/mol. The molecule has 1 aliphatic rings. The van der Waals surface area contributed by atoms with E-state index >= 15 is 0 Å². The summed E-state index contributed by atoms with van der Waals surface area (Å²) in [5.41, 5.74) is 2.15. The normalized spacial score (nSPS) is 14.0. The van der Waals surface area contributed by atoms with Crippen molar-refractivity contribution in [2.75, 3.05) is 26.8 Å². The molecule has 0 saturated heterocycles. The van der Waals surface area contributed by atoms with Crippen LogP contribution in [0.2, 0.25) is 0 Å². The number of benzene rings is 1. The minimum Gasteiger partial charge on any atom is -0.492 e. The molecule has 0 amide bonds. The van der Waals surface area contributed by atoms with Crippen molar-refractivity contribution >= 4 is 17.3 Å². The maximum atomic E-state index is 12.9. The maximum absolute atomic E-state index is 12.9. The Bertz CT molecular complexity index is 1080. The van der Waals surface area contributed by atoms with Gasteiger partial charge in [0, 0.05) is 55.7 Å². The summed E-state index contributed by atoms with van der Waals surface area (Å²) in [4.78, 5) is 29.0. The van der Waals surface area contributed by atoms with E-state index in [-0.39, 0.29) is 5.56 Å². The molecular weight excluding hydrogens is 412 g/mol. The van der Waals surface area contributed by atoms with Crippen molar-refractivity contribution in [3.8, 4) is 5.75 Å². The fourth-order valence-electron chi connectivity index (χ4n) is 3.95. The first-order valence-corrected chi connectivity index (χ1v) is 11.3. The SMILES string of the molecule is COC(=O)c1c(OCCc2cccs2)cc(=O)n2c1CCN(Cc1ccccc1)CC2. The Hall–Kier alpha value is -2.90. The Morgan fingerprint density at radius 2 is 1.94 bits per heavy atom. The summed E-state index contributed by atoms with van der Waals surface area (Å²) in [5.74, 6) is -0.150. The number of hydrogen-bond acceptors (Lipinski definition) is 6. The standard InChI is InChI=1S/C24H26N2O4S/c1-29-24(28)23-20-9-11-25(17-18-6-3-2-4-7-18)12-13-26(20)22(27)16-21(23)30-14-10-19-8-5-15-31-19/h2-8,15-16H,9-14,17H2,1H3. The van der Waals surface area contributed by atoms with E-state index < -0.39 is 5.97 Å². The fourth-order valence-corrected chi connectivity index (χ4v) is 4.64. The molecule has 31 heavy (non-hydrogen) atoms. The molecule has 0 bridgehead atoms. The van der Waals surface area contributed by atoms with E-state index in [0.717, 1.165) is 26.1 Å². The molecule has 1 aromatic carbocycles. The van der Waals surface area contributed by atoms with E-state index in [0.29, 0.717) is 36.6 Å². The second kappa shape index (κ2) is 9.94. The van der Waals surface area contributed by atoms with E-state index in [1.54, 1.807) is 15.9 Å². The van der Waals surface area contributed by atoms with Gasteiger partial charge in [-0.25, -0.2) is 4.79 Å². The number of pyridine rings is 1. The van der Waals surface area contributed by atoms with Crippen LogP contribution in [0.3, 0.4) is 0 Å². The third kappa shape index (κ3) is 5.06. The molecule has 0 N–H and O–H groups in total. The highest BCUT2D eigenvalue weighted by Gasteiger charge is 2.26. The lowest BCUT2D eigenvalue weighted by Gasteiger charge is -2.19. The van der Waals surface area contributed by atoms with Crippen LogP contribution in [0.25, 0.3) is 0 Å². The summed E-state index contributed by atoms with van der Waals surface area (Å²) in [6.45, 7) is 3.22. The highest BCUT2D eigenvalue weighted by molar-refractivity contribution is 7.09. The summed E-state index contributed by atoms with van der Waals surface area (Å²) >= 11 is 1.66. The van der Waals surface area contributed by atoms with Gasteiger partial charge < -0.3 is 14.0 Å². The van der Waals surface area contributed by atoms with Crippen LogP contribution >= 0.6 is 11.3 Å². The van der Waals surface area contributed by atoms with E-state index in [2.05, 4.69) is 17.0 Å². The van der Waals surface area contributed by atoms with Gasteiger partial charge in [-0.2, -0.15) is 0 Å². The van der Waals surface area contributed by atoms with Crippen molar-refractivity contribution in [3.05, 3.63) is 86.0 Å². The molecule has 3 heterocycles. The maximum Gasteiger partial charge on any atom is 0.343 e. The number of carbonyl (C=O) groups is 1. The van der Waals surface area contributed by atoms with Crippen molar-refractivity contribution in [1.82, 2.24) is 9.47 Å². The molecule has 0 radical (unpaired) electrons. The Labute approximate surface area is 185 Å². The van der Waals surface area contributed by atoms with Gasteiger partial charge in [-0.15, -0.1) is 11.3 Å². The van der Waals surface area contributed by atoms with Crippen LogP contribution in [0, 0.1) is 0 Å². The second-order valence-electron chi connectivity index (χ2n) is 7.50. The molecule has 2 aromatic heterocycles. The van der Waals surface area contributed by atoms with Crippen molar-refractivity contribution in [3.63, 3.8) is 0 Å². The minimum atomic E-state index is -0.466. The molecule has 3 aromatic rings. The largest absolute Gasteiger partial charge is 0.492 e. The molecule has 1 aliphatic heterocycles. The first-order valence-electron chi connectivity index (χ1n) is 10.4. The lowest BCUT2D eigenvalue weighted by atomic mass is 10.1. The predicted octanol–water partition coefficient (Wildman–Crippen LogP) is 3.38. The summed E-state index contributed by atoms with van der Waals surface area (Å²) in [5, 5.41) is 2.02. The number of fused-ring (bicyclic) bond motifs is 1. The van der Waals surface area contributed by atoms with Crippen LogP contribution in [0.15, 0.2) is 58.7 Å². The first kappa shape index (κ1) is 21.3. The topological polar surface area (TPSA) is 60.8 Å². The zero-order valence-corrected chi connectivity index (χ0v) is 18.4. The average Bonchev–Trinajstić information content (AvgIpc) is 3.21. The molecule has 4 rings (SSSR count). The second-order valence-corrected chi connectivity index (χ2v) is 8.53. The van der Waals surface area contributed by atoms with Gasteiger partial charge in [0.15, 0.2) is 0 Å². The molecule has 0 unspecified atom stereocenters.